The topological polar surface area (TPSA) is 56.0 Å². The highest BCUT2D eigenvalue weighted by Crippen LogP contribution is 2.34. The molecule has 0 amide bonds. The van der Waals surface area contributed by atoms with Gasteiger partial charge in [-0.05, 0) is 18.8 Å². The van der Waals surface area contributed by atoms with E-state index in [1.165, 1.54) is 12.8 Å². The summed E-state index contributed by atoms with van der Waals surface area (Å²) in [6, 6.07) is 0. The Kier molecular flexibility index (Phi) is 4.15. The first-order valence-electron chi connectivity index (χ1n) is 6.91. The van der Waals surface area contributed by atoms with Crippen molar-refractivity contribution in [3.63, 3.8) is 0 Å². The van der Waals surface area contributed by atoms with Crippen LogP contribution in [0.25, 0.3) is 0 Å². The fraction of sp³-hybridized carbons (Fsp3) is 0.786. The quantitative estimate of drug-likeness (QED) is 0.823. The highest BCUT2D eigenvalue weighted by atomic mass is 16.5. The maximum absolute atomic E-state index is 11.6. The molecule has 0 bridgehead atoms. The number of rotatable bonds is 4. The second-order valence-corrected chi connectivity index (χ2v) is 5.81. The van der Waals surface area contributed by atoms with E-state index in [1.54, 1.807) is 0 Å². The molecule has 0 spiro atoms. The molecule has 4 nitrogen and oxygen atoms in total. The zero-order chi connectivity index (χ0) is 13.1. The molecule has 1 aromatic rings. The number of carbonyl (C=O) groups excluding carboxylic acids is 1. The maximum Gasteiger partial charge on any atom is 0.234 e. The zero-order valence-electron chi connectivity index (χ0n) is 11.5. The first kappa shape index (κ1) is 13.2. The van der Waals surface area contributed by atoms with Crippen LogP contribution in [-0.2, 0) is 11.2 Å². The van der Waals surface area contributed by atoms with Crippen molar-refractivity contribution in [1.82, 2.24) is 10.1 Å². The summed E-state index contributed by atoms with van der Waals surface area (Å²) in [5, 5.41) is 4.05. The molecule has 2 atom stereocenters. The van der Waals surface area contributed by atoms with E-state index in [9.17, 15) is 4.79 Å². The van der Waals surface area contributed by atoms with Gasteiger partial charge in [0, 0.05) is 11.8 Å². The Hall–Kier alpha value is -1.19. The molecule has 0 aromatic carbocycles. The van der Waals surface area contributed by atoms with Crippen molar-refractivity contribution >= 4 is 5.78 Å². The van der Waals surface area contributed by atoms with Gasteiger partial charge in [-0.25, -0.2) is 0 Å². The molecule has 1 aliphatic rings. The van der Waals surface area contributed by atoms with Gasteiger partial charge in [0.1, 0.15) is 5.78 Å². The minimum absolute atomic E-state index is 0.0232. The van der Waals surface area contributed by atoms with Crippen LogP contribution >= 0.6 is 0 Å². The van der Waals surface area contributed by atoms with Gasteiger partial charge in [-0.3, -0.25) is 4.79 Å². The highest BCUT2D eigenvalue weighted by Gasteiger charge is 2.25. The van der Waals surface area contributed by atoms with Crippen molar-refractivity contribution in [3.8, 4) is 0 Å². The SMILES string of the molecule is CC1CCCC(c2noc(CC(=O)C(C)C)n2)C1. The summed E-state index contributed by atoms with van der Waals surface area (Å²) in [7, 11) is 0. The first-order valence-corrected chi connectivity index (χ1v) is 6.91. The lowest BCUT2D eigenvalue weighted by Crippen LogP contribution is -2.13. The van der Waals surface area contributed by atoms with Crippen molar-refractivity contribution in [1.29, 1.82) is 0 Å². The van der Waals surface area contributed by atoms with Crippen LogP contribution in [-0.4, -0.2) is 15.9 Å². The Morgan fingerprint density at radius 1 is 1.44 bits per heavy atom. The van der Waals surface area contributed by atoms with Gasteiger partial charge < -0.3 is 4.52 Å². The fourth-order valence-electron chi connectivity index (χ4n) is 2.53. The predicted molar refractivity (Wildman–Crippen MR) is 68.2 cm³/mol. The van der Waals surface area contributed by atoms with Crippen LogP contribution in [0.4, 0.5) is 0 Å². The molecule has 0 N–H and O–H groups in total. The number of Topliss-reactive ketones (excluding diaryl/α,β-unsaturated/α-hetero) is 1. The van der Waals surface area contributed by atoms with Crippen LogP contribution in [0.3, 0.4) is 0 Å². The van der Waals surface area contributed by atoms with Crippen LogP contribution in [0, 0.1) is 11.8 Å². The Balaban J connectivity index is 1.99. The molecular formula is C14H22N2O2. The summed E-state index contributed by atoms with van der Waals surface area (Å²) < 4.78 is 5.19. The summed E-state index contributed by atoms with van der Waals surface area (Å²) >= 11 is 0. The molecule has 2 rings (SSSR count). The third-order valence-electron chi connectivity index (χ3n) is 3.75. The Bertz CT molecular complexity index is 412. The first-order chi connectivity index (χ1) is 8.56. The third-order valence-corrected chi connectivity index (χ3v) is 3.75. The zero-order valence-corrected chi connectivity index (χ0v) is 11.5. The molecule has 1 fully saturated rings. The molecule has 4 heteroatoms. The van der Waals surface area contributed by atoms with Crippen molar-refractivity contribution in [2.24, 2.45) is 11.8 Å². The van der Waals surface area contributed by atoms with Gasteiger partial charge in [0.05, 0.1) is 6.42 Å². The summed E-state index contributed by atoms with van der Waals surface area (Å²) in [5.41, 5.74) is 0. The Morgan fingerprint density at radius 2 is 2.22 bits per heavy atom. The number of hydrogen-bond donors (Lipinski definition) is 0. The van der Waals surface area contributed by atoms with Gasteiger partial charge in [-0.1, -0.05) is 38.8 Å². The molecule has 1 aromatic heterocycles. The van der Waals surface area contributed by atoms with E-state index < -0.39 is 0 Å². The van der Waals surface area contributed by atoms with E-state index in [0.29, 0.717) is 11.8 Å². The van der Waals surface area contributed by atoms with Crippen LogP contribution in [0.2, 0.25) is 0 Å². The van der Waals surface area contributed by atoms with Crippen molar-refractivity contribution in [3.05, 3.63) is 11.7 Å². The van der Waals surface area contributed by atoms with Gasteiger partial charge in [0.15, 0.2) is 5.82 Å². The lowest BCUT2D eigenvalue weighted by molar-refractivity contribution is -0.121. The van der Waals surface area contributed by atoms with Crippen molar-refractivity contribution < 1.29 is 9.32 Å². The van der Waals surface area contributed by atoms with Gasteiger partial charge in [-0.15, -0.1) is 0 Å². The van der Waals surface area contributed by atoms with E-state index in [1.807, 2.05) is 13.8 Å². The van der Waals surface area contributed by atoms with Crippen LogP contribution < -0.4 is 0 Å². The number of carbonyl (C=O) groups is 1. The molecule has 1 saturated carbocycles. The van der Waals surface area contributed by atoms with E-state index in [4.69, 9.17) is 4.52 Å². The molecule has 0 radical (unpaired) electrons. The van der Waals surface area contributed by atoms with Crippen molar-refractivity contribution in [2.75, 3.05) is 0 Å². The summed E-state index contributed by atoms with van der Waals surface area (Å²) in [6.07, 6.45) is 5.08. The van der Waals surface area contributed by atoms with Crippen molar-refractivity contribution in [2.45, 2.75) is 58.8 Å². The van der Waals surface area contributed by atoms with Gasteiger partial charge >= 0.3 is 0 Å². The maximum atomic E-state index is 11.6. The number of hydrogen-bond acceptors (Lipinski definition) is 4. The highest BCUT2D eigenvalue weighted by molar-refractivity contribution is 5.81. The lowest BCUT2D eigenvalue weighted by Gasteiger charge is -2.23. The number of ketones is 1. The van der Waals surface area contributed by atoms with E-state index in [-0.39, 0.29) is 18.1 Å². The van der Waals surface area contributed by atoms with Crippen LogP contribution in [0.5, 0.6) is 0 Å². The second-order valence-electron chi connectivity index (χ2n) is 5.81. The van der Waals surface area contributed by atoms with E-state index in [2.05, 4.69) is 17.1 Å². The summed E-state index contributed by atoms with van der Waals surface area (Å²) in [6.45, 7) is 6.06. The average molecular weight is 250 g/mol. The fourth-order valence-corrected chi connectivity index (χ4v) is 2.53. The molecule has 18 heavy (non-hydrogen) atoms. The van der Waals surface area contributed by atoms with Gasteiger partial charge in [0.25, 0.3) is 0 Å². The molecular weight excluding hydrogens is 228 g/mol. The molecule has 1 heterocycles. The van der Waals surface area contributed by atoms with E-state index >= 15 is 0 Å². The number of nitrogens with zero attached hydrogens (tertiary/aromatic N) is 2. The minimum atomic E-state index is 0.0232. The van der Waals surface area contributed by atoms with Crippen LogP contribution in [0.15, 0.2) is 4.52 Å². The van der Waals surface area contributed by atoms with E-state index in [0.717, 1.165) is 24.6 Å². The predicted octanol–water partition coefficient (Wildman–Crippen LogP) is 3.13. The summed E-state index contributed by atoms with van der Waals surface area (Å²) in [4.78, 5) is 16.0. The molecule has 100 valence electrons. The average Bonchev–Trinajstić information content (AvgIpc) is 2.77. The Labute approximate surface area is 108 Å². The monoisotopic (exact) mass is 250 g/mol. The molecule has 1 aliphatic carbocycles. The summed E-state index contributed by atoms with van der Waals surface area (Å²) in [5.74, 6) is 2.61. The smallest absolute Gasteiger partial charge is 0.234 e. The standard InChI is InChI=1S/C14H22N2O2/c1-9(2)12(17)8-13-15-14(16-18-13)11-6-4-5-10(3)7-11/h9-11H,4-8H2,1-3H3. The normalized spacial score (nSPS) is 24.4. The van der Waals surface area contributed by atoms with Crippen LogP contribution in [0.1, 0.15) is 64.1 Å². The Morgan fingerprint density at radius 3 is 2.89 bits per heavy atom. The molecule has 0 aliphatic heterocycles. The lowest BCUT2D eigenvalue weighted by atomic mass is 9.82. The largest absolute Gasteiger partial charge is 0.339 e. The van der Waals surface area contributed by atoms with Gasteiger partial charge in [0.2, 0.25) is 5.89 Å². The minimum Gasteiger partial charge on any atom is -0.339 e. The second kappa shape index (κ2) is 5.63. The molecule has 0 saturated heterocycles. The number of aromatic nitrogens is 2. The third kappa shape index (κ3) is 3.18. The molecule has 2 unspecified atom stereocenters. The van der Waals surface area contributed by atoms with Gasteiger partial charge in [-0.2, -0.15) is 4.98 Å².